The number of hydrazine groups is 1. The fourth-order valence-corrected chi connectivity index (χ4v) is 2.45. The molecule has 0 radical (unpaired) electrons. The fraction of sp³-hybridized carbons (Fsp3) is 0.143. The van der Waals surface area contributed by atoms with Crippen LogP contribution in [0.4, 0.5) is 0 Å². The van der Waals surface area contributed by atoms with Gasteiger partial charge >= 0.3 is 0 Å². The topological polar surface area (TPSA) is 47.3 Å². The van der Waals surface area contributed by atoms with Crippen LogP contribution in [0.2, 0.25) is 0 Å². The largest absolute Gasteiger partial charge is 0.496 e. The van der Waals surface area contributed by atoms with Gasteiger partial charge in [0, 0.05) is 0 Å². The van der Waals surface area contributed by atoms with Gasteiger partial charge in [-0.25, -0.2) is 5.43 Å². The maximum absolute atomic E-state index is 5.66. The maximum atomic E-state index is 5.66. The van der Waals surface area contributed by atoms with E-state index in [1.807, 2.05) is 48.5 Å². The molecule has 0 aromatic heterocycles. The second kappa shape index (κ2) is 6.00. The monoisotopic (exact) mass is 306 g/mol. The molecule has 0 bridgehead atoms. The summed E-state index contributed by atoms with van der Waals surface area (Å²) in [7, 11) is 1.65. The van der Waals surface area contributed by atoms with Crippen LogP contribution in [0.5, 0.6) is 5.75 Å². The molecule has 2 rings (SSSR count). The zero-order valence-corrected chi connectivity index (χ0v) is 11.6. The number of nitrogens with one attached hydrogen (secondary N) is 1. The van der Waals surface area contributed by atoms with E-state index in [1.165, 1.54) is 0 Å². The number of rotatable bonds is 4. The Bertz CT molecular complexity index is 516. The standard InChI is InChI=1S/C14H15BrN2O/c1-18-13-8-7-11(9-12(13)15)14(17-16)10-5-3-2-4-6-10/h2-9,14,17H,16H2,1H3. The van der Waals surface area contributed by atoms with Crippen LogP contribution in [-0.4, -0.2) is 7.11 Å². The van der Waals surface area contributed by atoms with Gasteiger partial charge in [0.1, 0.15) is 5.75 Å². The van der Waals surface area contributed by atoms with Gasteiger partial charge < -0.3 is 4.74 Å². The number of hydrogen-bond donors (Lipinski definition) is 2. The Morgan fingerprint density at radius 3 is 2.39 bits per heavy atom. The van der Waals surface area contributed by atoms with E-state index in [4.69, 9.17) is 10.6 Å². The molecule has 4 heteroatoms. The Kier molecular flexibility index (Phi) is 4.36. The molecule has 3 N–H and O–H groups in total. The summed E-state index contributed by atoms with van der Waals surface area (Å²) in [5, 5.41) is 0. The summed E-state index contributed by atoms with van der Waals surface area (Å²) in [6.45, 7) is 0. The van der Waals surface area contributed by atoms with Gasteiger partial charge in [-0.2, -0.15) is 0 Å². The van der Waals surface area contributed by atoms with E-state index in [2.05, 4.69) is 21.4 Å². The number of nitrogens with two attached hydrogens (primary N) is 1. The number of ether oxygens (including phenoxy) is 1. The minimum Gasteiger partial charge on any atom is -0.496 e. The molecule has 18 heavy (non-hydrogen) atoms. The van der Waals surface area contributed by atoms with Crippen LogP contribution >= 0.6 is 15.9 Å². The van der Waals surface area contributed by atoms with E-state index in [-0.39, 0.29) is 6.04 Å². The molecule has 0 heterocycles. The SMILES string of the molecule is COc1ccc(C(NN)c2ccccc2)cc1Br. The van der Waals surface area contributed by atoms with Crippen molar-refractivity contribution in [1.82, 2.24) is 5.43 Å². The molecule has 2 aromatic carbocycles. The molecule has 2 aromatic rings. The Balaban J connectivity index is 2.37. The molecule has 1 atom stereocenters. The lowest BCUT2D eigenvalue weighted by Crippen LogP contribution is -2.28. The summed E-state index contributed by atoms with van der Waals surface area (Å²) in [6, 6.07) is 16.0. The minimum atomic E-state index is -0.0339. The zero-order chi connectivity index (χ0) is 13.0. The van der Waals surface area contributed by atoms with Crippen LogP contribution in [-0.2, 0) is 0 Å². The molecule has 0 aliphatic carbocycles. The third kappa shape index (κ3) is 2.72. The van der Waals surface area contributed by atoms with Crippen molar-refractivity contribution < 1.29 is 4.74 Å². The third-order valence-corrected chi connectivity index (χ3v) is 3.43. The average Bonchev–Trinajstić information content (AvgIpc) is 2.41. The smallest absolute Gasteiger partial charge is 0.133 e. The van der Waals surface area contributed by atoms with Crippen molar-refractivity contribution in [1.29, 1.82) is 0 Å². The number of hydrogen-bond acceptors (Lipinski definition) is 3. The predicted molar refractivity (Wildman–Crippen MR) is 76.3 cm³/mol. The van der Waals surface area contributed by atoms with Gasteiger partial charge in [-0.15, -0.1) is 0 Å². The lowest BCUT2D eigenvalue weighted by Gasteiger charge is -2.17. The van der Waals surface area contributed by atoms with Gasteiger partial charge in [0.15, 0.2) is 0 Å². The first kappa shape index (κ1) is 13.1. The van der Waals surface area contributed by atoms with Crippen LogP contribution in [0.15, 0.2) is 53.0 Å². The first-order valence-electron chi connectivity index (χ1n) is 5.60. The molecule has 0 aliphatic rings. The normalized spacial score (nSPS) is 12.2. The second-order valence-electron chi connectivity index (χ2n) is 3.90. The van der Waals surface area contributed by atoms with E-state index in [0.717, 1.165) is 21.3 Å². The Hall–Kier alpha value is -1.36. The molecule has 0 aliphatic heterocycles. The highest BCUT2D eigenvalue weighted by molar-refractivity contribution is 9.10. The third-order valence-electron chi connectivity index (χ3n) is 2.81. The van der Waals surface area contributed by atoms with Gasteiger partial charge in [0.25, 0.3) is 0 Å². The van der Waals surface area contributed by atoms with Gasteiger partial charge in [-0.1, -0.05) is 36.4 Å². The summed E-state index contributed by atoms with van der Waals surface area (Å²) in [5.41, 5.74) is 5.04. The van der Waals surface area contributed by atoms with Gasteiger partial charge in [0.05, 0.1) is 17.6 Å². The molecular weight excluding hydrogens is 292 g/mol. The number of methoxy groups -OCH3 is 1. The van der Waals surface area contributed by atoms with Crippen LogP contribution in [0.3, 0.4) is 0 Å². The van der Waals surface area contributed by atoms with E-state index < -0.39 is 0 Å². The van der Waals surface area contributed by atoms with E-state index in [0.29, 0.717) is 0 Å². The highest BCUT2D eigenvalue weighted by Crippen LogP contribution is 2.30. The van der Waals surface area contributed by atoms with E-state index in [9.17, 15) is 0 Å². The molecule has 3 nitrogen and oxygen atoms in total. The number of benzene rings is 2. The van der Waals surface area contributed by atoms with Gasteiger partial charge in [-0.05, 0) is 39.2 Å². The first-order valence-corrected chi connectivity index (χ1v) is 6.40. The molecule has 0 spiro atoms. The molecule has 0 fully saturated rings. The Morgan fingerprint density at radius 1 is 1.11 bits per heavy atom. The zero-order valence-electron chi connectivity index (χ0n) is 10.1. The summed E-state index contributed by atoms with van der Waals surface area (Å²) < 4.78 is 6.14. The highest BCUT2D eigenvalue weighted by atomic mass is 79.9. The lowest BCUT2D eigenvalue weighted by atomic mass is 9.99. The number of halogens is 1. The van der Waals surface area contributed by atoms with Crippen molar-refractivity contribution in [3.05, 3.63) is 64.1 Å². The summed E-state index contributed by atoms with van der Waals surface area (Å²) in [5.74, 6) is 6.47. The van der Waals surface area contributed by atoms with Crippen LogP contribution in [0.1, 0.15) is 17.2 Å². The minimum absolute atomic E-state index is 0.0339. The Labute approximate surface area is 115 Å². The quantitative estimate of drug-likeness (QED) is 0.674. The van der Waals surface area contributed by atoms with Crippen molar-refractivity contribution in [3.63, 3.8) is 0 Å². The average molecular weight is 307 g/mol. The van der Waals surface area contributed by atoms with Crippen molar-refractivity contribution in [2.75, 3.05) is 7.11 Å². The first-order chi connectivity index (χ1) is 8.76. The van der Waals surface area contributed by atoms with Gasteiger partial charge in [-0.3, -0.25) is 5.84 Å². The molecule has 0 amide bonds. The molecule has 94 valence electrons. The van der Waals surface area contributed by atoms with E-state index >= 15 is 0 Å². The van der Waals surface area contributed by atoms with Crippen molar-refractivity contribution in [3.8, 4) is 5.75 Å². The summed E-state index contributed by atoms with van der Waals surface area (Å²) in [4.78, 5) is 0. The molecule has 1 unspecified atom stereocenters. The summed E-state index contributed by atoms with van der Waals surface area (Å²) >= 11 is 3.48. The van der Waals surface area contributed by atoms with Crippen molar-refractivity contribution in [2.24, 2.45) is 5.84 Å². The van der Waals surface area contributed by atoms with Crippen LogP contribution in [0.25, 0.3) is 0 Å². The van der Waals surface area contributed by atoms with Gasteiger partial charge in [0.2, 0.25) is 0 Å². The van der Waals surface area contributed by atoms with Crippen molar-refractivity contribution in [2.45, 2.75) is 6.04 Å². The highest BCUT2D eigenvalue weighted by Gasteiger charge is 2.13. The second-order valence-corrected chi connectivity index (χ2v) is 4.76. The fourth-order valence-electron chi connectivity index (χ4n) is 1.89. The van der Waals surface area contributed by atoms with Crippen LogP contribution < -0.4 is 16.0 Å². The Morgan fingerprint density at radius 2 is 1.83 bits per heavy atom. The van der Waals surface area contributed by atoms with Crippen molar-refractivity contribution >= 4 is 15.9 Å². The molecule has 0 saturated carbocycles. The van der Waals surface area contributed by atoms with Crippen LogP contribution in [0, 0.1) is 0 Å². The molecular formula is C14H15BrN2O. The maximum Gasteiger partial charge on any atom is 0.133 e. The van der Waals surface area contributed by atoms with E-state index in [1.54, 1.807) is 7.11 Å². The predicted octanol–water partition coefficient (Wildman–Crippen LogP) is 3.01. The molecule has 0 saturated heterocycles. The summed E-state index contributed by atoms with van der Waals surface area (Å²) in [6.07, 6.45) is 0. The lowest BCUT2D eigenvalue weighted by molar-refractivity contribution is 0.411.